The predicted octanol–water partition coefficient (Wildman–Crippen LogP) is 4.34. The lowest BCUT2D eigenvalue weighted by Gasteiger charge is -2.12. The van der Waals surface area contributed by atoms with Gasteiger partial charge < -0.3 is 10.6 Å². The summed E-state index contributed by atoms with van der Waals surface area (Å²) in [5.74, 6) is 0.329. The molecular formula is C20H20N4O. The molecule has 2 N–H and O–H groups in total. The van der Waals surface area contributed by atoms with Crippen molar-refractivity contribution in [1.29, 1.82) is 0 Å². The van der Waals surface area contributed by atoms with Gasteiger partial charge in [-0.2, -0.15) is 0 Å². The monoisotopic (exact) mass is 332 g/mol. The van der Waals surface area contributed by atoms with E-state index in [2.05, 4.69) is 27.8 Å². The highest BCUT2D eigenvalue weighted by Gasteiger charge is 2.12. The molecule has 0 aliphatic rings. The summed E-state index contributed by atoms with van der Waals surface area (Å²) in [6.45, 7) is 4.04. The van der Waals surface area contributed by atoms with Gasteiger partial charge in [-0.1, -0.05) is 43.3 Å². The average molecular weight is 332 g/mol. The second-order valence-corrected chi connectivity index (χ2v) is 5.71. The largest absolute Gasteiger partial charge is 0.339 e. The molecule has 0 spiro atoms. The van der Waals surface area contributed by atoms with Gasteiger partial charge in [-0.3, -0.25) is 4.79 Å². The normalized spacial score (nSPS) is 10.3. The zero-order valence-electron chi connectivity index (χ0n) is 14.3. The lowest BCUT2D eigenvalue weighted by atomic mass is 10.1. The Morgan fingerprint density at radius 1 is 0.960 bits per heavy atom. The Bertz CT molecular complexity index is 861. The Hall–Kier alpha value is -3.21. The fraction of sp³-hybridized carbons (Fsp3) is 0.150. The van der Waals surface area contributed by atoms with Gasteiger partial charge in [0.1, 0.15) is 0 Å². The molecule has 1 aromatic heterocycles. The summed E-state index contributed by atoms with van der Waals surface area (Å²) in [7, 11) is 0. The first-order valence-electron chi connectivity index (χ1n) is 8.23. The van der Waals surface area contributed by atoms with E-state index in [9.17, 15) is 4.79 Å². The molecule has 0 aliphatic heterocycles. The van der Waals surface area contributed by atoms with Crippen molar-refractivity contribution in [3.8, 4) is 0 Å². The van der Waals surface area contributed by atoms with Crippen LogP contribution in [0.3, 0.4) is 0 Å². The van der Waals surface area contributed by atoms with Crippen molar-refractivity contribution in [2.24, 2.45) is 0 Å². The molecule has 1 heterocycles. The van der Waals surface area contributed by atoms with E-state index in [1.165, 1.54) is 0 Å². The highest BCUT2D eigenvalue weighted by atomic mass is 16.1. The van der Waals surface area contributed by atoms with E-state index < -0.39 is 0 Å². The number of amides is 1. The Balaban J connectivity index is 1.73. The second kappa shape index (κ2) is 7.57. The average Bonchev–Trinajstić information content (AvgIpc) is 2.64. The number of aromatic nitrogens is 2. The zero-order chi connectivity index (χ0) is 17.6. The minimum absolute atomic E-state index is 0.261. The minimum atomic E-state index is -0.261. The molecule has 0 unspecified atom stereocenters. The number of anilines is 3. The quantitative estimate of drug-likeness (QED) is 0.729. The summed E-state index contributed by atoms with van der Waals surface area (Å²) in [5.41, 5.74) is 4.18. The van der Waals surface area contributed by atoms with Gasteiger partial charge in [-0.25, -0.2) is 0 Å². The first kappa shape index (κ1) is 16.6. The molecule has 0 fully saturated rings. The summed E-state index contributed by atoms with van der Waals surface area (Å²) >= 11 is 0. The predicted molar refractivity (Wildman–Crippen MR) is 100 cm³/mol. The number of nitrogens with one attached hydrogen (secondary N) is 2. The van der Waals surface area contributed by atoms with Crippen LogP contribution in [0.25, 0.3) is 0 Å². The van der Waals surface area contributed by atoms with E-state index in [1.807, 2.05) is 55.5 Å². The van der Waals surface area contributed by atoms with Crippen molar-refractivity contribution in [3.63, 3.8) is 0 Å². The molecular weight excluding hydrogens is 312 g/mol. The van der Waals surface area contributed by atoms with Crippen LogP contribution in [0.4, 0.5) is 17.2 Å². The number of nitrogens with zero attached hydrogens (tertiary/aromatic N) is 2. The van der Waals surface area contributed by atoms with Crippen LogP contribution in [0.5, 0.6) is 0 Å². The molecule has 2 aromatic carbocycles. The Kier molecular flexibility index (Phi) is 5.04. The van der Waals surface area contributed by atoms with E-state index in [4.69, 9.17) is 0 Å². The van der Waals surface area contributed by atoms with E-state index in [-0.39, 0.29) is 11.6 Å². The lowest BCUT2D eigenvalue weighted by Crippen LogP contribution is -2.16. The van der Waals surface area contributed by atoms with Crippen molar-refractivity contribution in [2.75, 3.05) is 10.6 Å². The number of hydrogen-bond donors (Lipinski definition) is 2. The molecule has 0 saturated heterocycles. The number of benzene rings is 2. The van der Waals surface area contributed by atoms with Crippen molar-refractivity contribution in [3.05, 3.63) is 77.5 Å². The van der Waals surface area contributed by atoms with Gasteiger partial charge >= 0.3 is 0 Å². The molecule has 0 saturated carbocycles. The van der Waals surface area contributed by atoms with E-state index in [0.717, 1.165) is 28.9 Å². The SMILES string of the molecule is CCc1cccc(C)c1NC(=O)c1ccc(Nc2ccccc2)nn1. The van der Waals surface area contributed by atoms with Crippen molar-refractivity contribution in [2.45, 2.75) is 20.3 Å². The topological polar surface area (TPSA) is 66.9 Å². The smallest absolute Gasteiger partial charge is 0.276 e. The minimum Gasteiger partial charge on any atom is -0.339 e. The van der Waals surface area contributed by atoms with Crippen LogP contribution >= 0.6 is 0 Å². The van der Waals surface area contributed by atoms with Gasteiger partial charge in [0.05, 0.1) is 0 Å². The summed E-state index contributed by atoms with van der Waals surface area (Å²) < 4.78 is 0. The van der Waals surface area contributed by atoms with Crippen LogP contribution in [0.15, 0.2) is 60.7 Å². The molecule has 0 bridgehead atoms. The van der Waals surface area contributed by atoms with Crippen LogP contribution in [0.2, 0.25) is 0 Å². The standard InChI is InChI=1S/C20H20N4O/c1-3-15-9-7-8-14(2)19(15)22-20(25)17-12-13-18(24-23-17)21-16-10-5-4-6-11-16/h4-13H,3H2,1-2H3,(H,21,24)(H,22,25). The Labute approximate surface area is 147 Å². The zero-order valence-corrected chi connectivity index (χ0v) is 14.3. The number of para-hydroxylation sites is 2. The highest BCUT2D eigenvalue weighted by Crippen LogP contribution is 2.21. The molecule has 3 aromatic rings. The van der Waals surface area contributed by atoms with Crippen LogP contribution in [-0.4, -0.2) is 16.1 Å². The van der Waals surface area contributed by atoms with Crippen molar-refractivity contribution in [1.82, 2.24) is 10.2 Å². The molecule has 25 heavy (non-hydrogen) atoms. The summed E-state index contributed by atoms with van der Waals surface area (Å²) in [6.07, 6.45) is 0.850. The number of hydrogen-bond acceptors (Lipinski definition) is 4. The maximum atomic E-state index is 12.5. The highest BCUT2D eigenvalue weighted by molar-refractivity contribution is 6.03. The Morgan fingerprint density at radius 2 is 1.76 bits per heavy atom. The molecule has 3 rings (SSSR count). The van der Waals surface area contributed by atoms with Crippen LogP contribution in [0, 0.1) is 6.92 Å². The van der Waals surface area contributed by atoms with Crippen LogP contribution in [0.1, 0.15) is 28.5 Å². The number of carbonyl (C=O) groups excluding carboxylic acids is 1. The van der Waals surface area contributed by atoms with Gasteiger partial charge in [0.2, 0.25) is 0 Å². The first-order chi connectivity index (χ1) is 12.2. The maximum Gasteiger partial charge on any atom is 0.276 e. The van der Waals surface area contributed by atoms with Crippen LogP contribution in [-0.2, 0) is 6.42 Å². The molecule has 5 heteroatoms. The Morgan fingerprint density at radius 3 is 2.44 bits per heavy atom. The van der Waals surface area contributed by atoms with E-state index in [0.29, 0.717) is 5.82 Å². The molecule has 5 nitrogen and oxygen atoms in total. The maximum absolute atomic E-state index is 12.5. The fourth-order valence-corrected chi connectivity index (χ4v) is 2.57. The molecule has 0 radical (unpaired) electrons. The summed E-state index contributed by atoms with van der Waals surface area (Å²) in [4.78, 5) is 12.5. The van der Waals surface area contributed by atoms with Crippen LogP contribution < -0.4 is 10.6 Å². The van der Waals surface area contributed by atoms with Gasteiger partial charge in [0.15, 0.2) is 11.5 Å². The third-order valence-corrected chi connectivity index (χ3v) is 3.92. The molecule has 0 aliphatic carbocycles. The van der Waals surface area contributed by atoms with Crippen molar-refractivity contribution < 1.29 is 4.79 Å². The second-order valence-electron chi connectivity index (χ2n) is 5.71. The number of rotatable bonds is 5. The van der Waals surface area contributed by atoms with Gasteiger partial charge in [-0.15, -0.1) is 10.2 Å². The van der Waals surface area contributed by atoms with E-state index in [1.54, 1.807) is 12.1 Å². The number of aryl methyl sites for hydroxylation is 2. The third-order valence-electron chi connectivity index (χ3n) is 3.92. The lowest BCUT2D eigenvalue weighted by molar-refractivity contribution is 0.102. The first-order valence-corrected chi connectivity index (χ1v) is 8.23. The van der Waals surface area contributed by atoms with E-state index >= 15 is 0 Å². The fourth-order valence-electron chi connectivity index (χ4n) is 2.57. The summed E-state index contributed by atoms with van der Waals surface area (Å²) in [6, 6.07) is 19.1. The van der Waals surface area contributed by atoms with Gasteiger partial charge in [0, 0.05) is 11.4 Å². The number of carbonyl (C=O) groups is 1. The van der Waals surface area contributed by atoms with Crippen molar-refractivity contribution >= 4 is 23.1 Å². The van der Waals surface area contributed by atoms with Gasteiger partial charge in [-0.05, 0) is 48.7 Å². The third kappa shape index (κ3) is 4.01. The molecule has 126 valence electrons. The van der Waals surface area contributed by atoms with Gasteiger partial charge in [0.25, 0.3) is 5.91 Å². The molecule has 0 atom stereocenters. The summed E-state index contributed by atoms with van der Waals surface area (Å²) in [5, 5.41) is 14.2. The molecule has 1 amide bonds.